The van der Waals surface area contributed by atoms with E-state index in [1.807, 2.05) is 24.7 Å². The van der Waals surface area contributed by atoms with Crippen molar-refractivity contribution in [3.63, 3.8) is 0 Å². The van der Waals surface area contributed by atoms with Gasteiger partial charge in [-0.2, -0.15) is 4.98 Å². The number of nitrogens with two attached hydrogens (primary N) is 1. The third-order valence-electron chi connectivity index (χ3n) is 3.03. The van der Waals surface area contributed by atoms with E-state index in [4.69, 9.17) is 5.73 Å². The smallest absolute Gasteiger partial charge is 0.221 e. The summed E-state index contributed by atoms with van der Waals surface area (Å²) < 4.78 is 1.22. The van der Waals surface area contributed by atoms with E-state index in [1.165, 1.54) is 9.58 Å². The van der Waals surface area contributed by atoms with Crippen LogP contribution in [-0.2, 0) is 0 Å². The third-order valence-corrected chi connectivity index (χ3v) is 4.18. The Balaban J connectivity index is 1.98. The minimum absolute atomic E-state index is 0.279. The van der Waals surface area contributed by atoms with Gasteiger partial charge >= 0.3 is 0 Å². The van der Waals surface area contributed by atoms with Crippen LogP contribution >= 0.6 is 11.3 Å². The summed E-state index contributed by atoms with van der Waals surface area (Å²) in [6.07, 6.45) is 7.38. The van der Waals surface area contributed by atoms with Crippen LogP contribution in [0.2, 0.25) is 0 Å². The van der Waals surface area contributed by atoms with Crippen molar-refractivity contribution < 1.29 is 0 Å². The molecule has 0 aliphatic carbocycles. The summed E-state index contributed by atoms with van der Waals surface area (Å²) in [5.74, 6) is 0.279. The highest BCUT2D eigenvalue weighted by atomic mass is 32.1. The van der Waals surface area contributed by atoms with Crippen LogP contribution in [0, 0.1) is 0 Å². The van der Waals surface area contributed by atoms with Gasteiger partial charge in [0.25, 0.3) is 0 Å². The van der Waals surface area contributed by atoms with Crippen molar-refractivity contribution in [1.29, 1.82) is 0 Å². The normalized spacial score (nSPS) is 11.4. The van der Waals surface area contributed by atoms with Crippen LogP contribution in [-0.4, -0.2) is 19.9 Å². The molecule has 0 unspecified atom stereocenters. The Kier molecular flexibility index (Phi) is 2.07. The molecule has 4 aromatic heterocycles. The maximum Gasteiger partial charge on any atom is 0.221 e. The van der Waals surface area contributed by atoms with Gasteiger partial charge in [-0.1, -0.05) is 0 Å². The lowest BCUT2D eigenvalue weighted by Gasteiger charge is -1.94. The van der Waals surface area contributed by atoms with E-state index in [9.17, 15) is 0 Å². The van der Waals surface area contributed by atoms with Crippen molar-refractivity contribution in [1.82, 2.24) is 19.9 Å². The van der Waals surface area contributed by atoms with Crippen LogP contribution in [0.1, 0.15) is 0 Å². The number of aromatic amines is 1. The fraction of sp³-hybridized carbons (Fsp3) is 0. The second-order valence-electron chi connectivity index (χ2n) is 4.22. The maximum atomic E-state index is 5.59. The molecule has 0 fully saturated rings. The number of nitrogens with one attached hydrogen (secondary N) is 1. The van der Waals surface area contributed by atoms with Gasteiger partial charge in [-0.25, -0.2) is 4.98 Å². The summed E-state index contributed by atoms with van der Waals surface area (Å²) in [5.41, 5.74) is 7.44. The standard InChI is InChI=1S/C13H9N5S/c14-13-17-6-9-8(5-16-12(9)18-13)11-3-7-4-15-2-1-10(7)19-11/h1-6H,(H3,14,16,17,18). The third kappa shape index (κ3) is 1.57. The number of aromatic nitrogens is 4. The first-order valence-corrected chi connectivity index (χ1v) is 6.56. The lowest BCUT2D eigenvalue weighted by atomic mass is 10.2. The molecule has 0 spiro atoms. The van der Waals surface area contributed by atoms with E-state index >= 15 is 0 Å². The summed E-state index contributed by atoms with van der Waals surface area (Å²) in [6.45, 7) is 0. The number of thiophene rings is 1. The number of fused-ring (bicyclic) bond motifs is 2. The molecule has 5 nitrogen and oxygen atoms in total. The number of pyridine rings is 1. The van der Waals surface area contributed by atoms with Crippen molar-refractivity contribution in [2.45, 2.75) is 0 Å². The van der Waals surface area contributed by atoms with Crippen molar-refractivity contribution in [3.05, 3.63) is 36.9 Å². The van der Waals surface area contributed by atoms with Crippen LogP contribution in [0.4, 0.5) is 5.95 Å². The number of nitrogens with zero attached hydrogens (tertiary/aromatic N) is 3. The summed E-state index contributed by atoms with van der Waals surface area (Å²) >= 11 is 1.73. The van der Waals surface area contributed by atoms with Gasteiger partial charge in [0.2, 0.25) is 5.95 Å². The lowest BCUT2D eigenvalue weighted by Crippen LogP contribution is -1.93. The van der Waals surface area contributed by atoms with Crippen molar-refractivity contribution in [2.24, 2.45) is 0 Å². The van der Waals surface area contributed by atoms with Gasteiger partial charge in [0.15, 0.2) is 0 Å². The van der Waals surface area contributed by atoms with E-state index in [0.29, 0.717) is 0 Å². The molecule has 0 bridgehead atoms. The Morgan fingerprint density at radius 2 is 2.21 bits per heavy atom. The average molecular weight is 267 g/mol. The predicted octanol–water partition coefficient (Wildman–Crippen LogP) is 2.82. The van der Waals surface area contributed by atoms with Gasteiger partial charge in [-0.15, -0.1) is 11.3 Å². The first kappa shape index (κ1) is 10.5. The topological polar surface area (TPSA) is 80.5 Å². The second-order valence-corrected chi connectivity index (χ2v) is 5.30. The largest absolute Gasteiger partial charge is 0.368 e. The number of nitrogen functional groups attached to an aromatic ring is 1. The van der Waals surface area contributed by atoms with E-state index in [1.54, 1.807) is 17.5 Å². The number of rotatable bonds is 1. The molecule has 0 aliphatic rings. The Hall–Kier alpha value is -2.47. The quantitative estimate of drug-likeness (QED) is 0.555. The minimum atomic E-state index is 0.279. The van der Waals surface area contributed by atoms with E-state index in [-0.39, 0.29) is 5.95 Å². The Morgan fingerprint density at radius 3 is 3.11 bits per heavy atom. The van der Waals surface area contributed by atoms with Gasteiger partial charge in [0.05, 0.1) is 0 Å². The van der Waals surface area contributed by atoms with Crippen molar-refractivity contribution in [2.75, 3.05) is 5.73 Å². The van der Waals surface area contributed by atoms with Crippen LogP contribution in [0.25, 0.3) is 31.6 Å². The van der Waals surface area contributed by atoms with Gasteiger partial charge < -0.3 is 10.7 Å². The molecule has 3 N–H and O–H groups in total. The van der Waals surface area contributed by atoms with Crippen molar-refractivity contribution >= 4 is 38.4 Å². The van der Waals surface area contributed by atoms with E-state index in [2.05, 4.69) is 26.0 Å². The Labute approximate surface area is 112 Å². The molecule has 4 heterocycles. The molecule has 0 aliphatic heterocycles. The fourth-order valence-electron chi connectivity index (χ4n) is 2.14. The molecule has 0 atom stereocenters. The highest BCUT2D eigenvalue weighted by Crippen LogP contribution is 2.36. The van der Waals surface area contributed by atoms with Crippen LogP contribution < -0.4 is 5.73 Å². The molecule has 6 heteroatoms. The molecule has 0 saturated carbocycles. The van der Waals surface area contributed by atoms with Gasteiger partial charge in [0.1, 0.15) is 5.65 Å². The zero-order valence-corrected chi connectivity index (χ0v) is 10.6. The number of anilines is 1. The van der Waals surface area contributed by atoms with Gasteiger partial charge in [-0.3, -0.25) is 4.98 Å². The molecular weight excluding hydrogens is 258 g/mol. The Bertz CT molecular complexity index is 859. The van der Waals surface area contributed by atoms with E-state index in [0.717, 1.165) is 22.0 Å². The predicted molar refractivity (Wildman–Crippen MR) is 76.9 cm³/mol. The second kappa shape index (κ2) is 3.76. The zero-order chi connectivity index (χ0) is 12.8. The lowest BCUT2D eigenvalue weighted by molar-refractivity contribution is 1.22. The molecule has 0 radical (unpaired) electrons. The fourth-order valence-corrected chi connectivity index (χ4v) is 3.20. The summed E-state index contributed by atoms with van der Waals surface area (Å²) in [4.78, 5) is 16.7. The van der Waals surface area contributed by atoms with E-state index < -0.39 is 0 Å². The van der Waals surface area contributed by atoms with Gasteiger partial charge in [0, 0.05) is 50.7 Å². The highest BCUT2D eigenvalue weighted by Gasteiger charge is 2.11. The molecule has 19 heavy (non-hydrogen) atoms. The summed E-state index contributed by atoms with van der Waals surface area (Å²) in [6, 6.07) is 4.15. The zero-order valence-electron chi connectivity index (χ0n) is 9.79. The number of H-pyrrole nitrogens is 1. The molecular formula is C13H9N5S. The molecule has 92 valence electrons. The SMILES string of the molecule is Nc1ncc2c(-c3cc4cnccc4s3)c[nH]c2n1. The molecule has 0 aromatic carbocycles. The monoisotopic (exact) mass is 267 g/mol. The first-order chi connectivity index (χ1) is 9.31. The van der Waals surface area contributed by atoms with Crippen LogP contribution in [0.15, 0.2) is 36.9 Å². The summed E-state index contributed by atoms with van der Waals surface area (Å²) in [5, 5.41) is 2.13. The molecule has 0 saturated heterocycles. The highest BCUT2D eigenvalue weighted by molar-refractivity contribution is 7.22. The van der Waals surface area contributed by atoms with Crippen LogP contribution in [0.3, 0.4) is 0 Å². The molecule has 0 amide bonds. The summed E-state index contributed by atoms with van der Waals surface area (Å²) in [7, 11) is 0. The molecule has 4 rings (SSSR count). The van der Waals surface area contributed by atoms with Crippen molar-refractivity contribution in [3.8, 4) is 10.4 Å². The van der Waals surface area contributed by atoms with Crippen LogP contribution in [0.5, 0.6) is 0 Å². The Morgan fingerprint density at radius 1 is 1.26 bits per heavy atom. The first-order valence-electron chi connectivity index (χ1n) is 5.75. The maximum absolute atomic E-state index is 5.59. The number of hydrogen-bond donors (Lipinski definition) is 2. The van der Waals surface area contributed by atoms with Gasteiger partial charge in [-0.05, 0) is 12.1 Å². The average Bonchev–Trinajstić information content (AvgIpc) is 3.00. The molecule has 4 aromatic rings. The minimum Gasteiger partial charge on any atom is -0.368 e. The number of hydrogen-bond acceptors (Lipinski definition) is 5.